The highest BCUT2D eigenvalue weighted by Crippen LogP contribution is 2.24. The van der Waals surface area contributed by atoms with Crippen LogP contribution in [0.1, 0.15) is 12.8 Å². The van der Waals surface area contributed by atoms with Crippen molar-refractivity contribution in [1.29, 1.82) is 0 Å². The van der Waals surface area contributed by atoms with E-state index >= 15 is 0 Å². The first-order valence-electron chi connectivity index (χ1n) is 3.98. The molecule has 0 fully saturated rings. The second-order valence-corrected chi connectivity index (χ2v) is 3.84. The number of thiol groups is 2. The molecular formula is C7H16F2N2S2. The maximum absolute atomic E-state index is 13.5. The smallest absolute Gasteiger partial charge is 0.168 e. The molecule has 0 heterocycles. The van der Waals surface area contributed by atoms with Crippen LogP contribution in [0.5, 0.6) is 0 Å². The zero-order chi connectivity index (χ0) is 10.5. The molecule has 0 aliphatic carbocycles. The predicted molar refractivity (Wildman–Crippen MR) is 57.9 cm³/mol. The third-order valence-electron chi connectivity index (χ3n) is 1.90. The van der Waals surface area contributed by atoms with Gasteiger partial charge in [0, 0.05) is 18.1 Å². The molecule has 0 saturated heterocycles. The standard InChI is InChI=1S/C7H16F2N2S2/c8-6(3-10,4-12)1-2-7(9,11)5-13/h12-13H,1-5,10-11H2/t6-,7+/m0/s1. The largest absolute Gasteiger partial charge is 0.327 e. The van der Waals surface area contributed by atoms with Gasteiger partial charge in [-0.05, 0) is 12.8 Å². The number of nitrogens with two attached hydrogens (primary N) is 2. The molecule has 0 aromatic heterocycles. The summed E-state index contributed by atoms with van der Waals surface area (Å²) in [6.07, 6.45) is -0.120. The Labute approximate surface area is 88.2 Å². The monoisotopic (exact) mass is 230 g/mol. The molecule has 4 N–H and O–H groups in total. The van der Waals surface area contributed by atoms with Gasteiger partial charge in [0.05, 0.1) is 0 Å². The van der Waals surface area contributed by atoms with Crippen LogP contribution >= 0.6 is 25.3 Å². The third-order valence-corrected chi connectivity index (χ3v) is 2.99. The van der Waals surface area contributed by atoms with E-state index in [-0.39, 0.29) is 30.9 Å². The van der Waals surface area contributed by atoms with E-state index in [9.17, 15) is 8.78 Å². The Kier molecular flexibility index (Phi) is 5.58. The number of hydrogen-bond acceptors (Lipinski definition) is 4. The van der Waals surface area contributed by atoms with Crippen LogP contribution in [-0.4, -0.2) is 29.5 Å². The van der Waals surface area contributed by atoms with Gasteiger partial charge in [0.15, 0.2) is 5.79 Å². The zero-order valence-electron chi connectivity index (χ0n) is 7.34. The summed E-state index contributed by atoms with van der Waals surface area (Å²) in [6.45, 7) is -0.168. The van der Waals surface area contributed by atoms with E-state index in [1.807, 2.05) is 0 Å². The molecule has 80 valence electrons. The predicted octanol–water partition coefficient (Wildman–Crippen LogP) is 0.918. The molecule has 0 amide bonds. The summed E-state index contributed by atoms with van der Waals surface area (Å²) < 4.78 is 26.6. The van der Waals surface area contributed by atoms with Gasteiger partial charge in [0.25, 0.3) is 0 Å². The van der Waals surface area contributed by atoms with E-state index in [1.165, 1.54) is 0 Å². The number of halogens is 2. The molecule has 6 heteroatoms. The molecule has 0 aromatic rings. The molecule has 0 bridgehead atoms. The van der Waals surface area contributed by atoms with Gasteiger partial charge in [-0.15, -0.1) is 0 Å². The lowest BCUT2D eigenvalue weighted by atomic mass is 9.98. The lowest BCUT2D eigenvalue weighted by Gasteiger charge is -2.25. The van der Waals surface area contributed by atoms with Crippen LogP contribution in [0, 0.1) is 0 Å². The van der Waals surface area contributed by atoms with Crippen molar-refractivity contribution in [2.45, 2.75) is 24.3 Å². The molecule has 0 saturated carbocycles. The number of alkyl halides is 2. The summed E-state index contributed by atoms with van der Waals surface area (Å²) in [7, 11) is 0. The molecule has 2 atom stereocenters. The molecule has 0 rings (SSSR count). The van der Waals surface area contributed by atoms with E-state index in [4.69, 9.17) is 11.5 Å². The minimum atomic E-state index is -1.92. The molecular weight excluding hydrogens is 214 g/mol. The van der Waals surface area contributed by atoms with Gasteiger partial charge < -0.3 is 5.73 Å². The van der Waals surface area contributed by atoms with Gasteiger partial charge >= 0.3 is 0 Å². The van der Waals surface area contributed by atoms with Gasteiger partial charge in [-0.1, -0.05) is 0 Å². The molecule has 13 heavy (non-hydrogen) atoms. The molecule has 0 radical (unpaired) electrons. The molecule has 0 aromatic carbocycles. The lowest BCUT2D eigenvalue weighted by molar-refractivity contribution is 0.125. The van der Waals surface area contributed by atoms with Crippen LogP contribution in [0.3, 0.4) is 0 Å². The van der Waals surface area contributed by atoms with Gasteiger partial charge in [0.1, 0.15) is 5.67 Å². The van der Waals surface area contributed by atoms with Crippen molar-refractivity contribution in [3.63, 3.8) is 0 Å². The van der Waals surface area contributed by atoms with Crippen molar-refractivity contribution in [2.24, 2.45) is 11.5 Å². The van der Waals surface area contributed by atoms with Crippen LogP contribution in [0.15, 0.2) is 0 Å². The summed E-state index contributed by atoms with van der Waals surface area (Å²) in [4.78, 5) is 0. The SMILES string of the molecule is NC[C@](F)(CS)CC[C@](N)(F)CS. The molecule has 0 unspecified atom stereocenters. The summed E-state index contributed by atoms with van der Waals surface area (Å²) in [5.41, 5.74) is 8.72. The molecule has 0 aliphatic rings. The molecule has 0 spiro atoms. The van der Waals surface area contributed by atoms with Crippen LogP contribution in [0.2, 0.25) is 0 Å². The van der Waals surface area contributed by atoms with E-state index in [2.05, 4.69) is 25.3 Å². The maximum atomic E-state index is 13.5. The summed E-state index contributed by atoms with van der Waals surface area (Å²) in [5.74, 6) is -2.06. The first kappa shape index (κ1) is 13.5. The van der Waals surface area contributed by atoms with Crippen LogP contribution in [0.25, 0.3) is 0 Å². The first-order chi connectivity index (χ1) is 5.89. The highest BCUT2D eigenvalue weighted by Gasteiger charge is 2.31. The van der Waals surface area contributed by atoms with Crippen LogP contribution in [-0.2, 0) is 0 Å². The fourth-order valence-electron chi connectivity index (χ4n) is 0.757. The normalized spacial score (nSPS) is 20.8. The number of rotatable bonds is 6. The highest BCUT2D eigenvalue weighted by molar-refractivity contribution is 7.80. The maximum Gasteiger partial charge on any atom is 0.168 e. The van der Waals surface area contributed by atoms with Gasteiger partial charge in [-0.25, -0.2) is 8.78 Å². The van der Waals surface area contributed by atoms with Crippen molar-refractivity contribution < 1.29 is 8.78 Å². The fraction of sp³-hybridized carbons (Fsp3) is 1.00. The Bertz CT molecular complexity index is 151. The van der Waals surface area contributed by atoms with Gasteiger partial charge in [0.2, 0.25) is 0 Å². The lowest BCUT2D eigenvalue weighted by Crippen LogP contribution is -2.42. The Balaban J connectivity index is 3.99. The average molecular weight is 230 g/mol. The third kappa shape index (κ3) is 5.05. The summed E-state index contributed by atoms with van der Waals surface area (Å²) >= 11 is 7.52. The minimum Gasteiger partial charge on any atom is -0.327 e. The van der Waals surface area contributed by atoms with Crippen LogP contribution < -0.4 is 11.5 Å². The van der Waals surface area contributed by atoms with Crippen molar-refractivity contribution in [3.05, 3.63) is 0 Å². The van der Waals surface area contributed by atoms with Crippen molar-refractivity contribution in [1.82, 2.24) is 0 Å². The minimum absolute atomic E-state index is 0.0217. The van der Waals surface area contributed by atoms with Crippen molar-refractivity contribution >= 4 is 25.3 Å². The average Bonchev–Trinajstić information content (AvgIpc) is 2.14. The Hall–Kier alpha value is 0.480. The fourth-order valence-corrected chi connectivity index (χ4v) is 1.20. The zero-order valence-corrected chi connectivity index (χ0v) is 9.13. The van der Waals surface area contributed by atoms with E-state index in [1.54, 1.807) is 0 Å². The summed E-state index contributed by atoms with van der Waals surface area (Å²) in [6, 6.07) is 0. The van der Waals surface area contributed by atoms with Crippen molar-refractivity contribution in [2.75, 3.05) is 18.1 Å². The highest BCUT2D eigenvalue weighted by atomic mass is 32.1. The quantitative estimate of drug-likeness (QED) is 0.405. The second-order valence-electron chi connectivity index (χ2n) is 3.21. The first-order valence-corrected chi connectivity index (χ1v) is 5.24. The van der Waals surface area contributed by atoms with E-state index in [0.29, 0.717) is 0 Å². The van der Waals surface area contributed by atoms with Crippen LogP contribution in [0.4, 0.5) is 8.78 Å². The Morgan fingerprint density at radius 2 is 1.62 bits per heavy atom. The second kappa shape index (κ2) is 5.38. The van der Waals surface area contributed by atoms with Crippen molar-refractivity contribution in [3.8, 4) is 0 Å². The van der Waals surface area contributed by atoms with E-state index < -0.39 is 11.5 Å². The number of hydrogen-bond donors (Lipinski definition) is 4. The molecule has 0 aliphatic heterocycles. The Morgan fingerprint density at radius 3 is 1.92 bits per heavy atom. The van der Waals surface area contributed by atoms with Gasteiger partial charge in [-0.2, -0.15) is 25.3 Å². The van der Waals surface area contributed by atoms with Gasteiger partial charge in [-0.3, -0.25) is 5.73 Å². The van der Waals surface area contributed by atoms with E-state index in [0.717, 1.165) is 0 Å². The molecule has 2 nitrogen and oxygen atoms in total. The summed E-state index contributed by atoms with van der Waals surface area (Å²) in [5, 5.41) is 0. The topological polar surface area (TPSA) is 52.0 Å². The Morgan fingerprint density at radius 1 is 1.08 bits per heavy atom.